The fourth-order valence-electron chi connectivity index (χ4n) is 3.03. The van der Waals surface area contributed by atoms with E-state index < -0.39 is 12.0 Å². The average Bonchev–Trinajstić information content (AvgIpc) is 3.44. The van der Waals surface area contributed by atoms with E-state index >= 15 is 0 Å². The summed E-state index contributed by atoms with van der Waals surface area (Å²) in [6, 6.07) is 18.9. The van der Waals surface area contributed by atoms with Gasteiger partial charge in [0.2, 0.25) is 5.91 Å². The number of carboxylic acids is 1. The summed E-state index contributed by atoms with van der Waals surface area (Å²) in [5.41, 5.74) is 2.11. The Kier molecular flexibility index (Phi) is 4.94. The normalized spacial score (nSPS) is 15.0. The summed E-state index contributed by atoms with van der Waals surface area (Å²) < 4.78 is 0. The molecule has 24 heavy (non-hydrogen) atoms. The fraction of sp³-hybridized carbons (Fsp3) is 0.300. The zero-order chi connectivity index (χ0) is 16.9. The zero-order valence-electron chi connectivity index (χ0n) is 13.4. The van der Waals surface area contributed by atoms with Crippen molar-refractivity contribution in [3.8, 4) is 0 Å². The monoisotopic (exact) mass is 323 g/mol. The second-order valence-electron chi connectivity index (χ2n) is 6.30. The molecule has 0 bridgehead atoms. The molecule has 1 fully saturated rings. The molecule has 2 aromatic rings. The predicted octanol–water partition coefficient (Wildman–Crippen LogP) is 3.19. The van der Waals surface area contributed by atoms with Crippen molar-refractivity contribution in [2.24, 2.45) is 5.92 Å². The summed E-state index contributed by atoms with van der Waals surface area (Å²) in [6.45, 7) is 0. The maximum absolute atomic E-state index is 12.5. The highest BCUT2D eigenvalue weighted by atomic mass is 16.4. The number of carboxylic acid groups (broad SMARTS) is 1. The zero-order valence-corrected chi connectivity index (χ0v) is 13.4. The number of rotatable bonds is 7. The number of carbonyl (C=O) groups excluding carboxylic acids is 1. The lowest BCUT2D eigenvalue weighted by molar-refractivity contribution is -0.142. The molecule has 1 aliphatic carbocycles. The topological polar surface area (TPSA) is 66.4 Å². The molecular weight excluding hydrogens is 302 g/mol. The highest BCUT2D eigenvalue weighted by molar-refractivity contribution is 5.84. The largest absolute Gasteiger partial charge is 0.480 e. The van der Waals surface area contributed by atoms with Crippen LogP contribution >= 0.6 is 0 Å². The number of amides is 1. The summed E-state index contributed by atoms with van der Waals surface area (Å²) >= 11 is 0. The first-order valence-corrected chi connectivity index (χ1v) is 8.27. The van der Waals surface area contributed by atoms with Crippen LogP contribution in [-0.4, -0.2) is 23.0 Å². The molecule has 1 saturated carbocycles. The molecule has 1 aliphatic rings. The number of carbonyl (C=O) groups is 2. The van der Waals surface area contributed by atoms with Crippen LogP contribution in [0.25, 0.3) is 0 Å². The van der Waals surface area contributed by atoms with Gasteiger partial charge in [0.25, 0.3) is 0 Å². The van der Waals surface area contributed by atoms with Gasteiger partial charge in [-0.2, -0.15) is 0 Å². The lowest BCUT2D eigenvalue weighted by atomic mass is 9.88. The van der Waals surface area contributed by atoms with Crippen molar-refractivity contribution in [2.75, 3.05) is 0 Å². The summed E-state index contributed by atoms with van der Waals surface area (Å²) in [6.07, 6.45) is 1.99. The first-order valence-electron chi connectivity index (χ1n) is 8.27. The molecule has 0 aromatic heterocycles. The number of hydrogen-bond acceptors (Lipinski definition) is 2. The number of nitrogens with one attached hydrogen (secondary N) is 1. The standard InChI is InChI=1S/C20H21NO3/c22-18(21-19(20(23)24)16-11-12-16)13-17(14-7-3-1-4-8-14)15-9-5-2-6-10-15/h1-10,16-17,19H,11-13H2,(H,21,22)(H,23,24). The summed E-state index contributed by atoms with van der Waals surface area (Å²) in [7, 11) is 0. The number of hydrogen-bond donors (Lipinski definition) is 2. The molecule has 2 aromatic carbocycles. The first-order chi connectivity index (χ1) is 11.6. The smallest absolute Gasteiger partial charge is 0.326 e. The van der Waals surface area contributed by atoms with Crippen LogP contribution in [0.5, 0.6) is 0 Å². The van der Waals surface area contributed by atoms with Crippen molar-refractivity contribution in [2.45, 2.75) is 31.2 Å². The van der Waals surface area contributed by atoms with Gasteiger partial charge in [-0.25, -0.2) is 4.79 Å². The Bertz CT molecular complexity index is 656. The molecule has 0 saturated heterocycles. The molecule has 0 heterocycles. The Balaban J connectivity index is 1.77. The predicted molar refractivity (Wildman–Crippen MR) is 91.6 cm³/mol. The summed E-state index contributed by atoms with van der Waals surface area (Å²) in [4.78, 5) is 23.8. The third-order valence-corrected chi connectivity index (χ3v) is 4.47. The van der Waals surface area contributed by atoms with Crippen LogP contribution in [0.2, 0.25) is 0 Å². The quantitative estimate of drug-likeness (QED) is 0.822. The van der Waals surface area contributed by atoms with Gasteiger partial charge in [0, 0.05) is 12.3 Å². The molecule has 4 nitrogen and oxygen atoms in total. The van der Waals surface area contributed by atoms with Gasteiger partial charge in [0.05, 0.1) is 0 Å². The molecular formula is C20H21NO3. The van der Waals surface area contributed by atoms with Crippen molar-refractivity contribution in [1.29, 1.82) is 0 Å². The maximum atomic E-state index is 12.5. The van der Waals surface area contributed by atoms with Crippen LogP contribution in [0.1, 0.15) is 36.3 Å². The van der Waals surface area contributed by atoms with Crippen molar-refractivity contribution in [3.63, 3.8) is 0 Å². The van der Waals surface area contributed by atoms with Crippen LogP contribution in [0.3, 0.4) is 0 Å². The van der Waals surface area contributed by atoms with Crippen molar-refractivity contribution >= 4 is 11.9 Å². The molecule has 1 unspecified atom stereocenters. The van der Waals surface area contributed by atoms with Crippen molar-refractivity contribution in [3.05, 3.63) is 71.8 Å². The Morgan fingerprint density at radius 2 is 1.46 bits per heavy atom. The van der Waals surface area contributed by atoms with Gasteiger partial charge in [-0.3, -0.25) is 4.79 Å². The Morgan fingerprint density at radius 1 is 0.958 bits per heavy atom. The van der Waals surface area contributed by atoms with Gasteiger partial charge < -0.3 is 10.4 Å². The molecule has 3 rings (SSSR count). The van der Waals surface area contributed by atoms with Gasteiger partial charge in [-0.05, 0) is 29.9 Å². The lowest BCUT2D eigenvalue weighted by Crippen LogP contribution is -2.42. The Morgan fingerprint density at radius 3 is 1.88 bits per heavy atom. The molecule has 0 spiro atoms. The van der Waals surface area contributed by atoms with Gasteiger partial charge >= 0.3 is 5.97 Å². The fourth-order valence-corrected chi connectivity index (χ4v) is 3.03. The van der Waals surface area contributed by atoms with E-state index in [2.05, 4.69) is 5.32 Å². The molecule has 0 radical (unpaired) electrons. The van der Waals surface area contributed by atoms with Crippen LogP contribution in [-0.2, 0) is 9.59 Å². The van der Waals surface area contributed by atoms with E-state index in [1.54, 1.807) is 0 Å². The lowest BCUT2D eigenvalue weighted by Gasteiger charge is -2.20. The Labute approximate surface area is 141 Å². The van der Waals surface area contributed by atoms with Gasteiger partial charge in [-0.1, -0.05) is 60.7 Å². The highest BCUT2D eigenvalue weighted by Gasteiger charge is 2.37. The minimum absolute atomic E-state index is 0.0818. The van der Waals surface area contributed by atoms with E-state index in [4.69, 9.17) is 0 Å². The van der Waals surface area contributed by atoms with E-state index in [1.165, 1.54) is 0 Å². The van der Waals surface area contributed by atoms with Gasteiger partial charge in [0.1, 0.15) is 6.04 Å². The molecule has 2 N–H and O–H groups in total. The van der Waals surface area contributed by atoms with Crippen LogP contribution in [0.15, 0.2) is 60.7 Å². The third kappa shape index (κ3) is 4.02. The summed E-state index contributed by atoms with van der Waals surface area (Å²) in [5, 5.41) is 12.0. The van der Waals surface area contributed by atoms with E-state index in [0.717, 1.165) is 24.0 Å². The van der Waals surface area contributed by atoms with E-state index in [1.807, 2.05) is 60.7 Å². The number of aliphatic carboxylic acids is 1. The third-order valence-electron chi connectivity index (χ3n) is 4.47. The molecule has 0 aliphatic heterocycles. The van der Waals surface area contributed by atoms with E-state index in [0.29, 0.717) is 0 Å². The van der Waals surface area contributed by atoms with Crippen LogP contribution in [0, 0.1) is 5.92 Å². The maximum Gasteiger partial charge on any atom is 0.326 e. The van der Waals surface area contributed by atoms with Crippen molar-refractivity contribution < 1.29 is 14.7 Å². The Hall–Kier alpha value is -2.62. The van der Waals surface area contributed by atoms with E-state index in [-0.39, 0.29) is 24.2 Å². The minimum atomic E-state index is -0.943. The van der Waals surface area contributed by atoms with Crippen molar-refractivity contribution in [1.82, 2.24) is 5.32 Å². The average molecular weight is 323 g/mol. The van der Waals surface area contributed by atoms with Gasteiger partial charge in [-0.15, -0.1) is 0 Å². The second-order valence-corrected chi connectivity index (χ2v) is 6.30. The van der Waals surface area contributed by atoms with Gasteiger partial charge in [0.15, 0.2) is 0 Å². The van der Waals surface area contributed by atoms with Crippen LogP contribution in [0.4, 0.5) is 0 Å². The number of benzene rings is 2. The summed E-state index contributed by atoms with van der Waals surface area (Å²) in [5.74, 6) is -1.16. The minimum Gasteiger partial charge on any atom is -0.480 e. The highest BCUT2D eigenvalue weighted by Crippen LogP contribution is 2.33. The van der Waals surface area contributed by atoms with Crippen LogP contribution < -0.4 is 5.32 Å². The first kappa shape index (κ1) is 16.2. The molecule has 1 amide bonds. The molecule has 124 valence electrons. The van der Waals surface area contributed by atoms with E-state index in [9.17, 15) is 14.7 Å². The second kappa shape index (κ2) is 7.30. The molecule has 4 heteroatoms. The SMILES string of the molecule is O=C(CC(c1ccccc1)c1ccccc1)NC(C(=O)O)C1CC1. The molecule has 1 atom stereocenters.